The molecule has 3 rings (SSSR count). The van der Waals surface area contributed by atoms with Gasteiger partial charge in [0.25, 0.3) is 5.91 Å². The van der Waals surface area contributed by atoms with E-state index in [0.717, 1.165) is 5.69 Å². The Labute approximate surface area is 503 Å². The fourth-order valence-electron chi connectivity index (χ4n) is 8.23. The van der Waals surface area contributed by atoms with E-state index < -0.39 is 53.7 Å². The first-order chi connectivity index (χ1) is 40.3. The molecule has 30 heteroatoms. The van der Waals surface area contributed by atoms with Crippen LogP contribution in [0.2, 0.25) is 0 Å². The molecule has 1 aliphatic rings. The van der Waals surface area contributed by atoms with Crippen LogP contribution in [-0.2, 0) is 59.1 Å². The van der Waals surface area contributed by atoms with Crippen LogP contribution >= 0.6 is 36.2 Å². The highest BCUT2D eigenvalue weighted by atomic mass is 32.2. The summed E-state index contributed by atoms with van der Waals surface area (Å²) in [6.07, 6.45) is 2.85. The van der Waals surface area contributed by atoms with Gasteiger partial charge >= 0.3 is 23.9 Å². The zero-order chi connectivity index (χ0) is 61.5. The maximum absolute atomic E-state index is 13.4. The van der Waals surface area contributed by atoms with Gasteiger partial charge in [0, 0.05) is 96.1 Å². The Hall–Kier alpha value is -6.57. The summed E-state index contributed by atoms with van der Waals surface area (Å²) in [5.41, 5.74) is 2.26. The van der Waals surface area contributed by atoms with Crippen LogP contribution < -0.4 is 31.9 Å². The number of carboxylic acids is 4. The van der Waals surface area contributed by atoms with Crippen LogP contribution in [0.3, 0.4) is 0 Å². The van der Waals surface area contributed by atoms with E-state index in [9.17, 15) is 63.6 Å². The molecule has 0 aliphatic carbocycles. The number of anilines is 1. The number of hydrogen-bond acceptors (Lipinski definition) is 20. The summed E-state index contributed by atoms with van der Waals surface area (Å²) in [5.74, 6) is -6.01. The highest BCUT2D eigenvalue weighted by Gasteiger charge is 2.25. The molecule has 1 saturated heterocycles. The largest absolute Gasteiger partial charge is 0.480 e. The van der Waals surface area contributed by atoms with Crippen molar-refractivity contribution in [1.82, 2.24) is 46.2 Å². The lowest BCUT2D eigenvalue weighted by atomic mass is 10.0. The van der Waals surface area contributed by atoms with E-state index in [2.05, 4.69) is 54.3 Å². The fourth-order valence-corrected chi connectivity index (χ4v) is 9.03. The first-order valence-electron chi connectivity index (χ1n) is 27.3. The Bertz CT molecular complexity index is 2460. The molecule has 1 fully saturated rings. The quantitative estimate of drug-likeness (QED) is 0.0249. The minimum atomic E-state index is -1.20. The van der Waals surface area contributed by atoms with Crippen molar-refractivity contribution in [2.45, 2.75) is 57.2 Å². The lowest BCUT2D eigenvalue weighted by Gasteiger charge is -2.32. The Morgan fingerprint density at radius 1 is 0.631 bits per heavy atom. The first kappa shape index (κ1) is 71.7. The molecule has 0 aromatic heterocycles. The second-order valence-corrected chi connectivity index (χ2v) is 20.8. The van der Waals surface area contributed by atoms with Crippen molar-refractivity contribution in [3.63, 3.8) is 0 Å². The highest BCUT2D eigenvalue weighted by molar-refractivity contribution is 7.98. The SMILES string of the molecule is CSCC[C@H](NC(=O)c1cccc(CNC(=O)COCCOCCOCCNC(=O)CN2CCN(CC(=O)O)CCN(CC(=O)O)CCN(CC(=O)O)CC2)c1)C(=O)CCC(=O)N[C@@H](CCCCNC(=S)Nc1ccc(N=C=S)cc1)C(=O)O. The number of carboxylic acid groups (broad SMARTS) is 4. The molecule has 0 bridgehead atoms. The Balaban J connectivity index is 1.30. The maximum Gasteiger partial charge on any atom is 0.326 e. The smallest absolute Gasteiger partial charge is 0.326 e. The van der Waals surface area contributed by atoms with Crippen molar-refractivity contribution in [3.05, 3.63) is 59.7 Å². The van der Waals surface area contributed by atoms with Gasteiger partial charge in [0.15, 0.2) is 10.9 Å². The zero-order valence-corrected chi connectivity index (χ0v) is 49.7. The molecule has 1 aliphatic heterocycles. The molecule has 0 radical (unpaired) electrons. The fraction of sp³-hybridized carbons (Fsp3) is 0.574. The molecular formula is C54H79N11O16S3. The Kier molecular flexibility index (Phi) is 36.1. The van der Waals surface area contributed by atoms with Crippen LogP contribution in [0.4, 0.5) is 11.4 Å². The summed E-state index contributed by atoms with van der Waals surface area (Å²) in [4.78, 5) is 122. The number of carbonyl (C=O) groups is 9. The second-order valence-electron chi connectivity index (χ2n) is 19.2. The number of thioether (sulfide) groups is 1. The number of nitrogens with one attached hydrogen (secondary N) is 6. The number of hydrogen-bond donors (Lipinski definition) is 10. The predicted molar refractivity (Wildman–Crippen MR) is 320 cm³/mol. The lowest BCUT2D eigenvalue weighted by molar-refractivity contribution is -0.142. The van der Waals surface area contributed by atoms with E-state index >= 15 is 0 Å². The van der Waals surface area contributed by atoms with Gasteiger partial charge in [-0.05, 0) is 104 Å². The molecule has 1 heterocycles. The van der Waals surface area contributed by atoms with Crippen LogP contribution in [0.5, 0.6) is 0 Å². The average molecular weight is 1230 g/mol. The molecular weight excluding hydrogens is 1150 g/mol. The van der Waals surface area contributed by atoms with Gasteiger partial charge in [-0.2, -0.15) is 16.8 Å². The van der Waals surface area contributed by atoms with Gasteiger partial charge in [0.05, 0.1) is 76.1 Å². The molecule has 4 amide bonds. The molecule has 2 aromatic rings. The molecule has 27 nitrogen and oxygen atoms in total. The third-order valence-electron chi connectivity index (χ3n) is 12.6. The Morgan fingerprint density at radius 3 is 1.76 bits per heavy atom. The molecule has 2 atom stereocenters. The number of aliphatic imine (C=N–C) groups is 1. The van der Waals surface area contributed by atoms with Gasteiger partial charge in [0.2, 0.25) is 17.7 Å². The van der Waals surface area contributed by atoms with Crippen molar-refractivity contribution in [3.8, 4) is 0 Å². The summed E-state index contributed by atoms with van der Waals surface area (Å²) in [6.45, 7) is 2.83. The third-order valence-corrected chi connectivity index (χ3v) is 13.6. The van der Waals surface area contributed by atoms with Crippen LogP contribution in [0, 0.1) is 0 Å². The number of benzene rings is 2. The number of rotatable bonds is 39. The van der Waals surface area contributed by atoms with E-state index in [1.807, 2.05) is 11.2 Å². The van der Waals surface area contributed by atoms with Gasteiger partial charge in [-0.25, -0.2) is 4.79 Å². The first-order valence-corrected chi connectivity index (χ1v) is 29.5. The summed E-state index contributed by atoms with van der Waals surface area (Å²) in [7, 11) is 0. The van der Waals surface area contributed by atoms with Crippen molar-refractivity contribution >= 4 is 111 Å². The van der Waals surface area contributed by atoms with Crippen molar-refractivity contribution < 1.29 is 77.8 Å². The van der Waals surface area contributed by atoms with Gasteiger partial charge in [-0.1, -0.05) is 12.1 Å². The van der Waals surface area contributed by atoms with Gasteiger partial charge in [-0.3, -0.25) is 58.0 Å². The number of aliphatic carboxylic acids is 4. The number of Topliss-reactive ketones (excluding diaryl/α,β-unsaturated/α-hetero) is 1. The summed E-state index contributed by atoms with van der Waals surface area (Å²) < 4.78 is 16.5. The van der Waals surface area contributed by atoms with E-state index in [4.69, 9.17) is 26.4 Å². The van der Waals surface area contributed by atoms with Crippen molar-refractivity contribution in [2.24, 2.45) is 4.99 Å². The van der Waals surface area contributed by atoms with Crippen molar-refractivity contribution in [1.29, 1.82) is 0 Å². The molecule has 0 saturated carbocycles. The highest BCUT2D eigenvalue weighted by Crippen LogP contribution is 2.16. The van der Waals surface area contributed by atoms with Crippen LogP contribution in [0.25, 0.3) is 0 Å². The minimum absolute atomic E-state index is 0.0252. The number of ether oxygens (including phenoxy) is 3. The van der Waals surface area contributed by atoms with E-state index in [1.54, 1.807) is 63.2 Å². The number of nitrogens with zero attached hydrogens (tertiary/aromatic N) is 5. The number of isothiocyanates is 1. The number of unbranched alkanes of at least 4 members (excludes halogenated alkanes) is 1. The monoisotopic (exact) mass is 1230 g/mol. The summed E-state index contributed by atoms with van der Waals surface area (Å²) in [6, 6.07) is 11.5. The molecule has 84 heavy (non-hydrogen) atoms. The van der Waals surface area contributed by atoms with Crippen LogP contribution in [0.15, 0.2) is 53.5 Å². The molecule has 0 unspecified atom stereocenters. The topological polar surface area (TPSA) is 360 Å². The van der Waals surface area contributed by atoms with Gasteiger partial charge in [0.1, 0.15) is 12.6 Å². The zero-order valence-electron chi connectivity index (χ0n) is 47.2. The molecule has 0 spiro atoms. The van der Waals surface area contributed by atoms with E-state index in [1.165, 1.54) is 11.8 Å². The number of ketones is 1. The lowest BCUT2D eigenvalue weighted by Crippen LogP contribution is -2.50. The molecule has 10 N–H and O–H groups in total. The predicted octanol–water partition coefficient (Wildman–Crippen LogP) is 0.606. The van der Waals surface area contributed by atoms with Crippen LogP contribution in [-0.4, -0.2) is 259 Å². The number of carbonyl (C=O) groups excluding carboxylic acids is 5. The summed E-state index contributed by atoms with van der Waals surface area (Å²) in [5, 5.41) is 57.6. The van der Waals surface area contributed by atoms with E-state index in [-0.39, 0.29) is 155 Å². The average Bonchev–Trinajstić information content (AvgIpc) is 3.49. The molecule has 2 aromatic carbocycles. The Morgan fingerprint density at radius 2 is 1.20 bits per heavy atom. The number of thiocarbonyl (C=S) groups is 2. The normalized spacial score (nSPS) is 14.4. The molecule has 464 valence electrons. The van der Waals surface area contributed by atoms with E-state index in [0.29, 0.717) is 61.0 Å². The summed E-state index contributed by atoms with van der Waals surface area (Å²) >= 11 is 11.4. The van der Waals surface area contributed by atoms with Gasteiger partial charge in [-0.15, -0.1) is 0 Å². The third kappa shape index (κ3) is 33.1. The van der Waals surface area contributed by atoms with Gasteiger partial charge < -0.3 is 66.5 Å². The van der Waals surface area contributed by atoms with Crippen LogP contribution in [0.1, 0.15) is 54.4 Å². The standard InChI is InChI=1S/C54H79N11O16S3/c1-84-30-14-43(45(66)12-13-46(67)60-44(53(77)78)7-2-3-15-56-54(83)59-42-10-8-41(9-11-42)58-38-82)61-52(76)40-6-4-5-39(31-40)32-57-48(69)37-81-29-28-80-27-26-79-25-16-55-47(68)33-62-17-19-63(34-49(70)71)21-23-65(36-51(74)75)24-22-64(20-18-62)35-50(72)73/h4-6,8-11,31,43-44H,2-3,7,12-30,32-37H2,1H3,(H,55,68)(H,57,69)(H,60,67)(H,61,76)(H,70,71)(H,72,73)(H,74,75)(H,77,78)(H2,56,59,83)/t43-,44-/m0/s1. The number of amides is 4. The minimum Gasteiger partial charge on any atom is -0.480 e. The maximum atomic E-state index is 13.4. The second kappa shape index (κ2) is 42.3. The van der Waals surface area contributed by atoms with Crippen molar-refractivity contribution in [2.75, 3.05) is 149 Å².